The molecule has 0 aliphatic carbocycles. The molecule has 0 fully saturated rings. The molecule has 158 valence electrons. The molecule has 5 rings (SSSR count). The van der Waals surface area contributed by atoms with Gasteiger partial charge in [0.2, 0.25) is 0 Å². The second kappa shape index (κ2) is 6.89. The lowest BCUT2D eigenvalue weighted by Crippen LogP contribution is -2.38. The lowest BCUT2D eigenvalue weighted by molar-refractivity contribution is -0.137. The first kappa shape index (κ1) is 19.2. The fourth-order valence-electron chi connectivity index (χ4n) is 3.68. The lowest BCUT2D eigenvalue weighted by atomic mass is 10.0. The van der Waals surface area contributed by atoms with Crippen LogP contribution in [0.5, 0.6) is 0 Å². The third kappa shape index (κ3) is 3.31. The van der Waals surface area contributed by atoms with Crippen LogP contribution in [-0.2, 0) is 19.3 Å². The van der Waals surface area contributed by atoms with Crippen molar-refractivity contribution >= 4 is 17.0 Å². The molecule has 11 heteroatoms. The molecule has 0 spiro atoms. The van der Waals surface area contributed by atoms with Crippen LogP contribution < -0.4 is 0 Å². The van der Waals surface area contributed by atoms with Crippen molar-refractivity contribution in [2.24, 2.45) is 0 Å². The number of pyridine rings is 1. The van der Waals surface area contributed by atoms with E-state index >= 15 is 0 Å². The molecule has 1 aliphatic heterocycles. The maximum absolute atomic E-state index is 13.4. The molecular weight excluding hydrogens is 413 g/mol. The SMILES string of the molecule is Cc1noc2nc(-c3cccc(C(F)(F)F)c3)cc(C(=O)N3CCn4cnnc4C3)c12. The van der Waals surface area contributed by atoms with E-state index in [4.69, 9.17) is 4.52 Å². The van der Waals surface area contributed by atoms with Crippen molar-refractivity contribution < 1.29 is 22.5 Å². The van der Waals surface area contributed by atoms with Gasteiger partial charge in [-0.05, 0) is 25.1 Å². The van der Waals surface area contributed by atoms with Crippen molar-refractivity contribution in [1.29, 1.82) is 0 Å². The highest BCUT2D eigenvalue weighted by molar-refractivity contribution is 6.07. The number of rotatable bonds is 2. The number of carbonyl (C=O) groups is 1. The van der Waals surface area contributed by atoms with Gasteiger partial charge in [0.1, 0.15) is 6.33 Å². The van der Waals surface area contributed by atoms with Gasteiger partial charge in [0.15, 0.2) is 5.82 Å². The third-order valence-electron chi connectivity index (χ3n) is 5.26. The Labute approximate surface area is 173 Å². The highest BCUT2D eigenvalue weighted by atomic mass is 19.4. The lowest BCUT2D eigenvalue weighted by Gasteiger charge is -2.27. The van der Waals surface area contributed by atoms with Crippen molar-refractivity contribution in [3.63, 3.8) is 0 Å². The summed E-state index contributed by atoms with van der Waals surface area (Å²) in [5.41, 5.74) is 0.446. The number of carbonyl (C=O) groups excluding carboxylic acids is 1. The van der Waals surface area contributed by atoms with Crippen molar-refractivity contribution in [3.8, 4) is 11.3 Å². The predicted octanol–water partition coefficient (Wildman–Crippen LogP) is 3.46. The Bertz CT molecular complexity index is 1310. The molecule has 4 heterocycles. The molecule has 1 aliphatic rings. The molecule has 0 N–H and O–H groups in total. The number of aryl methyl sites for hydroxylation is 1. The second-order valence-electron chi connectivity index (χ2n) is 7.25. The molecule has 4 aromatic rings. The summed E-state index contributed by atoms with van der Waals surface area (Å²) in [4.78, 5) is 19.3. The van der Waals surface area contributed by atoms with E-state index in [-0.39, 0.29) is 35.0 Å². The third-order valence-corrected chi connectivity index (χ3v) is 5.26. The molecule has 1 amide bonds. The molecule has 1 aromatic carbocycles. The van der Waals surface area contributed by atoms with Crippen LogP contribution in [0.15, 0.2) is 41.2 Å². The first-order valence-electron chi connectivity index (χ1n) is 9.42. The number of hydrogen-bond donors (Lipinski definition) is 0. The molecule has 3 aromatic heterocycles. The highest BCUT2D eigenvalue weighted by Crippen LogP contribution is 2.33. The molecule has 0 radical (unpaired) electrons. The van der Waals surface area contributed by atoms with Gasteiger partial charge < -0.3 is 14.0 Å². The van der Waals surface area contributed by atoms with E-state index in [0.29, 0.717) is 30.0 Å². The number of benzene rings is 1. The van der Waals surface area contributed by atoms with Crippen molar-refractivity contribution in [1.82, 2.24) is 29.8 Å². The van der Waals surface area contributed by atoms with Gasteiger partial charge in [-0.3, -0.25) is 4.79 Å². The average Bonchev–Trinajstić information content (AvgIpc) is 3.38. The summed E-state index contributed by atoms with van der Waals surface area (Å²) in [6, 6.07) is 6.27. The summed E-state index contributed by atoms with van der Waals surface area (Å²) in [5, 5.41) is 12.2. The highest BCUT2D eigenvalue weighted by Gasteiger charge is 2.31. The van der Waals surface area contributed by atoms with Crippen LogP contribution >= 0.6 is 0 Å². The molecule has 0 saturated carbocycles. The van der Waals surface area contributed by atoms with Gasteiger partial charge in [-0.25, -0.2) is 4.98 Å². The minimum absolute atomic E-state index is 0.0935. The summed E-state index contributed by atoms with van der Waals surface area (Å²) in [5.74, 6) is 0.353. The maximum Gasteiger partial charge on any atom is 0.416 e. The summed E-state index contributed by atoms with van der Waals surface area (Å²) in [6.07, 6.45) is -2.89. The molecule has 0 atom stereocenters. The van der Waals surface area contributed by atoms with E-state index in [0.717, 1.165) is 12.1 Å². The molecule has 0 saturated heterocycles. The van der Waals surface area contributed by atoms with E-state index in [1.54, 1.807) is 18.2 Å². The smallest absolute Gasteiger partial charge is 0.335 e. The Balaban J connectivity index is 1.60. The van der Waals surface area contributed by atoms with Crippen LogP contribution in [0.2, 0.25) is 0 Å². The quantitative estimate of drug-likeness (QED) is 0.486. The van der Waals surface area contributed by atoms with Gasteiger partial charge in [0, 0.05) is 18.7 Å². The molecule has 8 nitrogen and oxygen atoms in total. The van der Waals surface area contributed by atoms with Crippen molar-refractivity contribution in [2.45, 2.75) is 26.2 Å². The number of nitrogens with zero attached hydrogens (tertiary/aromatic N) is 6. The fourth-order valence-corrected chi connectivity index (χ4v) is 3.68. The van der Waals surface area contributed by atoms with Gasteiger partial charge in [0.05, 0.1) is 34.4 Å². The summed E-state index contributed by atoms with van der Waals surface area (Å²) >= 11 is 0. The Morgan fingerprint density at radius 1 is 1.19 bits per heavy atom. The van der Waals surface area contributed by atoms with Crippen LogP contribution in [0.4, 0.5) is 13.2 Å². The van der Waals surface area contributed by atoms with Crippen LogP contribution in [-0.4, -0.2) is 42.3 Å². The number of halogens is 3. The van der Waals surface area contributed by atoms with Gasteiger partial charge >= 0.3 is 6.18 Å². The molecule has 31 heavy (non-hydrogen) atoms. The number of fused-ring (bicyclic) bond motifs is 2. The van der Waals surface area contributed by atoms with E-state index in [9.17, 15) is 18.0 Å². The minimum atomic E-state index is -4.49. The number of amides is 1. The summed E-state index contributed by atoms with van der Waals surface area (Å²) in [7, 11) is 0. The Morgan fingerprint density at radius 3 is 2.84 bits per heavy atom. The van der Waals surface area contributed by atoms with Gasteiger partial charge in [-0.15, -0.1) is 10.2 Å². The topological polar surface area (TPSA) is 89.9 Å². The Hall–Kier alpha value is -3.76. The van der Waals surface area contributed by atoms with Crippen molar-refractivity contribution in [3.05, 3.63) is 59.3 Å². The molecule has 0 bridgehead atoms. The maximum atomic E-state index is 13.4. The monoisotopic (exact) mass is 428 g/mol. The first-order chi connectivity index (χ1) is 14.8. The largest absolute Gasteiger partial charge is 0.416 e. The Kier molecular flexibility index (Phi) is 4.27. The standard InChI is InChI=1S/C20H15F3N6O2/c1-11-17-14(19(30)28-5-6-29-10-24-26-16(29)9-28)8-15(25-18(17)31-27-11)12-3-2-4-13(7-12)20(21,22)23/h2-4,7-8,10H,5-6,9H2,1H3. The van der Waals surface area contributed by atoms with Crippen LogP contribution in [0.3, 0.4) is 0 Å². The van der Waals surface area contributed by atoms with Crippen LogP contribution in [0.1, 0.15) is 27.4 Å². The number of alkyl halides is 3. The fraction of sp³-hybridized carbons (Fsp3) is 0.250. The first-order valence-corrected chi connectivity index (χ1v) is 9.42. The normalized spacial score (nSPS) is 14.1. The zero-order valence-corrected chi connectivity index (χ0v) is 16.2. The van der Waals surface area contributed by atoms with Crippen LogP contribution in [0.25, 0.3) is 22.4 Å². The number of aromatic nitrogens is 5. The van der Waals surface area contributed by atoms with Crippen molar-refractivity contribution in [2.75, 3.05) is 6.54 Å². The minimum Gasteiger partial charge on any atom is -0.335 e. The van der Waals surface area contributed by atoms with E-state index in [2.05, 4.69) is 20.3 Å². The zero-order chi connectivity index (χ0) is 21.8. The predicted molar refractivity (Wildman–Crippen MR) is 102 cm³/mol. The van der Waals surface area contributed by atoms with Gasteiger partial charge in [0.25, 0.3) is 11.6 Å². The summed E-state index contributed by atoms with van der Waals surface area (Å²) in [6.45, 7) is 2.94. The molecular formula is C20H15F3N6O2. The zero-order valence-electron chi connectivity index (χ0n) is 16.2. The number of hydrogen-bond acceptors (Lipinski definition) is 6. The van der Waals surface area contributed by atoms with Gasteiger partial charge in [-0.1, -0.05) is 17.3 Å². The second-order valence-corrected chi connectivity index (χ2v) is 7.25. The van der Waals surface area contributed by atoms with E-state index in [1.807, 2.05) is 4.57 Å². The van der Waals surface area contributed by atoms with E-state index in [1.165, 1.54) is 18.2 Å². The average molecular weight is 428 g/mol. The van der Waals surface area contributed by atoms with Gasteiger partial charge in [-0.2, -0.15) is 13.2 Å². The van der Waals surface area contributed by atoms with Crippen LogP contribution in [0, 0.1) is 6.92 Å². The van der Waals surface area contributed by atoms with E-state index < -0.39 is 11.7 Å². The Morgan fingerprint density at radius 2 is 2.03 bits per heavy atom. The summed E-state index contributed by atoms with van der Waals surface area (Å²) < 4.78 is 46.6. The molecule has 0 unspecified atom stereocenters.